The molecule has 0 radical (unpaired) electrons. The van der Waals surface area contributed by atoms with Crippen LogP contribution in [0.3, 0.4) is 0 Å². The van der Waals surface area contributed by atoms with Crippen LogP contribution in [0.5, 0.6) is 0 Å². The van der Waals surface area contributed by atoms with E-state index in [-0.39, 0.29) is 12.0 Å². The number of rotatable bonds is 6. The standard InChI is InChI=1S/C13H21N3O2/c1-4-6-9(3)16-11-8-15-12(14)7-10(11)13(17)18-5-2/h7-9,16H,4-6H2,1-3H3,(H2,14,15). The van der Waals surface area contributed by atoms with E-state index in [1.165, 1.54) is 0 Å². The summed E-state index contributed by atoms with van der Waals surface area (Å²) >= 11 is 0. The van der Waals surface area contributed by atoms with Crippen molar-refractivity contribution in [2.45, 2.75) is 39.7 Å². The van der Waals surface area contributed by atoms with E-state index in [1.807, 2.05) is 0 Å². The third kappa shape index (κ3) is 3.91. The highest BCUT2D eigenvalue weighted by molar-refractivity contribution is 5.96. The quantitative estimate of drug-likeness (QED) is 0.759. The average Bonchev–Trinajstić information content (AvgIpc) is 2.32. The van der Waals surface area contributed by atoms with Crippen LogP contribution in [0.4, 0.5) is 11.5 Å². The number of pyridine rings is 1. The van der Waals surface area contributed by atoms with Gasteiger partial charge in [0.2, 0.25) is 0 Å². The van der Waals surface area contributed by atoms with Crippen molar-refractivity contribution in [3.05, 3.63) is 17.8 Å². The van der Waals surface area contributed by atoms with Gasteiger partial charge in [0.05, 0.1) is 24.1 Å². The number of ether oxygens (including phenoxy) is 1. The van der Waals surface area contributed by atoms with Crippen LogP contribution in [0.15, 0.2) is 12.3 Å². The second-order valence-electron chi connectivity index (χ2n) is 4.21. The molecule has 1 aromatic rings. The van der Waals surface area contributed by atoms with E-state index in [0.717, 1.165) is 12.8 Å². The van der Waals surface area contributed by atoms with Gasteiger partial charge in [0, 0.05) is 6.04 Å². The molecule has 0 aliphatic carbocycles. The van der Waals surface area contributed by atoms with Gasteiger partial charge in [-0.05, 0) is 26.3 Å². The molecule has 100 valence electrons. The topological polar surface area (TPSA) is 77.2 Å². The smallest absolute Gasteiger partial charge is 0.340 e. The molecule has 1 heterocycles. The monoisotopic (exact) mass is 251 g/mol. The van der Waals surface area contributed by atoms with Crippen molar-refractivity contribution in [1.82, 2.24) is 4.98 Å². The fraction of sp³-hybridized carbons (Fsp3) is 0.538. The van der Waals surface area contributed by atoms with E-state index in [1.54, 1.807) is 19.2 Å². The summed E-state index contributed by atoms with van der Waals surface area (Å²) in [4.78, 5) is 15.8. The van der Waals surface area contributed by atoms with E-state index in [0.29, 0.717) is 23.7 Å². The summed E-state index contributed by atoms with van der Waals surface area (Å²) in [6, 6.07) is 1.81. The Hall–Kier alpha value is -1.78. The summed E-state index contributed by atoms with van der Waals surface area (Å²) in [5, 5.41) is 3.26. The summed E-state index contributed by atoms with van der Waals surface area (Å²) in [5.74, 6) is -0.0652. The molecule has 0 fully saturated rings. The molecule has 1 rings (SSSR count). The van der Waals surface area contributed by atoms with Gasteiger partial charge in [-0.2, -0.15) is 0 Å². The zero-order valence-electron chi connectivity index (χ0n) is 11.2. The maximum absolute atomic E-state index is 11.8. The van der Waals surface area contributed by atoms with Crippen molar-refractivity contribution in [3.8, 4) is 0 Å². The van der Waals surface area contributed by atoms with Gasteiger partial charge in [0.15, 0.2) is 0 Å². The first-order valence-corrected chi connectivity index (χ1v) is 6.27. The minimum absolute atomic E-state index is 0.272. The Balaban J connectivity index is 2.92. The van der Waals surface area contributed by atoms with Crippen molar-refractivity contribution in [1.29, 1.82) is 0 Å². The SMILES string of the molecule is CCCC(C)Nc1cnc(N)cc1C(=O)OCC. The number of nitrogens with one attached hydrogen (secondary N) is 1. The van der Waals surface area contributed by atoms with Crippen LogP contribution >= 0.6 is 0 Å². The number of hydrogen-bond acceptors (Lipinski definition) is 5. The molecule has 0 aliphatic rings. The number of anilines is 2. The molecule has 0 amide bonds. The molecule has 5 heteroatoms. The lowest BCUT2D eigenvalue weighted by molar-refractivity contribution is 0.0527. The van der Waals surface area contributed by atoms with Crippen molar-refractivity contribution in [2.24, 2.45) is 0 Å². The van der Waals surface area contributed by atoms with Crippen molar-refractivity contribution in [3.63, 3.8) is 0 Å². The Morgan fingerprint density at radius 3 is 2.89 bits per heavy atom. The van der Waals surface area contributed by atoms with Crippen molar-refractivity contribution >= 4 is 17.5 Å². The van der Waals surface area contributed by atoms with Crippen LogP contribution in [-0.4, -0.2) is 23.6 Å². The number of nitrogens with zero attached hydrogens (tertiary/aromatic N) is 1. The summed E-state index contributed by atoms with van der Waals surface area (Å²) < 4.78 is 5.00. The molecular weight excluding hydrogens is 230 g/mol. The Labute approximate surface area is 108 Å². The van der Waals surface area contributed by atoms with E-state index in [9.17, 15) is 4.79 Å². The maximum atomic E-state index is 11.8. The molecular formula is C13H21N3O2. The molecule has 5 nitrogen and oxygen atoms in total. The van der Waals surface area contributed by atoms with Gasteiger partial charge in [0.25, 0.3) is 0 Å². The minimum Gasteiger partial charge on any atom is -0.462 e. The van der Waals surface area contributed by atoms with E-state index in [4.69, 9.17) is 10.5 Å². The Kier molecular flexibility index (Phi) is 5.42. The molecule has 0 spiro atoms. The van der Waals surface area contributed by atoms with Gasteiger partial charge in [-0.15, -0.1) is 0 Å². The summed E-state index contributed by atoms with van der Waals surface area (Å²) in [6.07, 6.45) is 3.67. The molecule has 3 N–H and O–H groups in total. The number of hydrogen-bond donors (Lipinski definition) is 2. The third-order valence-electron chi connectivity index (χ3n) is 2.54. The Morgan fingerprint density at radius 1 is 1.56 bits per heavy atom. The highest BCUT2D eigenvalue weighted by atomic mass is 16.5. The first-order valence-electron chi connectivity index (χ1n) is 6.27. The molecule has 1 aromatic heterocycles. The van der Waals surface area contributed by atoms with Gasteiger partial charge >= 0.3 is 5.97 Å². The molecule has 1 unspecified atom stereocenters. The normalized spacial score (nSPS) is 11.9. The third-order valence-corrected chi connectivity index (χ3v) is 2.54. The van der Waals surface area contributed by atoms with Crippen molar-refractivity contribution in [2.75, 3.05) is 17.7 Å². The van der Waals surface area contributed by atoms with Crippen LogP contribution < -0.4 is 11.1 Å². The van der Waals surface area contributed by atoms with Gasteiger partial charge in [-0.1, -0.05) is 13.3 Å². The predicted octanol–water partition coefficient (Wildman–Crippen LogP) is 2.44. The lowest BCUT2D eigenvalue weighted by atomic mass is 10.1. The summed E-state index contributed by atoms with van der Waals surface area (Å²) in [5.41, 5.74) is 6.71. The van der Waals surface area contributed by atoms with Crippen LogP contribution in [0.1, 0.15) is 44.0 Å². The lowest BCUT2D eigenvalue weighted by Crippen LogP contribution is -2.18. The van der Waals surface area contributed by atoms with Gasteiger partial charge < -0.3 is 15.8 Å². The van der Waals surface area contributed by atoms with E-state index >= 15 is 0 Å². The Morgan fingerprint density at radius 2 is 2.28 bits per heavy atom. The second-order valence-corrected chi connectivity index (χ2v) is 4.21. The number of esters is 1. The fourth-order valence-corrected chi connectivity index (χ4v) is 1.73. The number of nitrogen functional groups attached to an aromatic ring is 1. The summed E-state index contributed by atoms with van der Waals surface area (Å²) in [6.45, 7) is 6.29. The largest absolute Gasteiger partial charge is 0.462 e. The first kappa shape index (κ1) is 14.3. The zero-order chi connectivity index (χ0) is 13.5. The van der Waals surface area contributed by atoms with Crippen LogP contribution in [0, 0.1) is 0 Å². The summed E-state index contributed by atoms with van der Waals surface area (Å²) in [7, 11) is 0. The fourth-order valence-electron chi connectivity index (χ4n) is 1.73. The Bertz CT molecular complexity index is 407. The predicted molar refractivity (Wildman–Crippen MR) is 72.6 cm³/mol. The van der Waals surface area contributed by atoms with Crippen LogP contribution in [0.2, 0.25) is 0 Å². The number of carbonyl (C=O) groups excluding carboxylic acids is 1. The highest BCUT2D eigenvalue weighted by Gasteiger charge is 2.15. The maximum Gasteiger partial charge on any atom is 0.340 e. The van der Waals surface area contributed by atoms with E-state index in [2.05, 4.69) is 24.1 Å². The van der Waals surface area contributed by atoms with Crippen LogP contribution in [-0.2, 0) is 4.74 Å². The van der Waals surface area contributed by atoms with Crippen LogP contribution in [0.25, 0.3) is 0 Å². The zero-order valence-corrected chi connectivity index (χ0v) is 11.2. The molecule has 0 saturated carbocycles. The van der Waals surface area contributed by atoms with Gasteiger partial charge in [-0.25, -0.2) is 9.78 Å². The minimum atomic E-state index is -0.377. The number of aromatic nitrogens is 1. The number of carbonyl (C=O) groups is 1. The lowest BCUT2D eigenvalue weighted by Gasteiger charge is -2.16. The van der Waals surface area contributed by atoms with Gasteiger partial charge in [-0.3, -0.25) is 0 Å². The average molecular weight is 251 g/mol. The second kappa shape index (κ2) is 6.83. The molecule has 0 aliphatic heterocycles. The highest BCUT2D eigenvalue weighted by Crippen LogP contribution is 2.19. The molecule has 0 aromatic carbocycles. The van der Waals surface area contributed by atoms with Gasteiger partial charge in [0.1, 0.15) is 5.82 Å². The molecule has 18 heavy (non-hydrogen) atoms. The van der Waals surface area contributed by atoms with Crippen molar-refractivity contribution < 1.29 is 9.53 Å². The number of nitrogens with two attached hydrogens (primary N) is 1. The van der Waals surface area contributed by atoms with E-state index < -0.39 is 0 Å². The molecule has 1 atom stereocenters. The molecule has 0 saturated heterocycles. The first-order chi connectivity index (χ1) is 8.58. The molecule has 0 bridgehead atoms.